The second-order valence-corrected chi connectivity index (χ2v) is 6.87. The molecule has 0 saturated carbocycles. The summed E-state index contributed by atoms with van der Waals surface area (Å²) in [7, 11) is 0. The van der Waals surface area contributed by atoms with Gasteiger partial charge in [-0.1, -0.05) is 6.07 Å². The Morgan fingerprint density at radius 1 is 1.13 bits per heavy atom. The fourth-order valence-corrected chi connectivity index (χ4v) is 3.24. The minimum atomic E-state index is -4.52. The molecule has 0 aliphatic carbocycles. The van der Waals surface area contributed by atoms with Gasteiger partial charge >= 0.3 is 6.18 Å². The van der Waals surface area contributed by atoms with Crippen molar-refractivity contribution in [3.8, 4) is 11.4 Å². The number of hydrogen-bond donors (Lipinski definition) is 1. The number of aryl methyl sites for hydroxylation is 1. The van der Waals surface area contributed by atoms with Crippen LogP contribution in [0.4, 0.5) is 13.2 Å². The first kappa shape index (κ1) is 22.1. The van der Waals surface area contributed by atoms with Crippen molar-refractivity contribution >= 4 is 12.1 Å². The summed E-state index contributed by atoms with van der Waals surface area (Å²) in [6, 6.07) is 13.8. The van der Waals surface area contributed by atoms with Crippen LogP contribution in [-0.4, -0.2) is 23.3 Å². The van der Waals surface area contributed by atoms with Crippen molar-refractivity contribution in [2.45, 2.75) is 26.9 Å². The number of nitrogens with zero attached hydrogens (tertiary/aromatic N) is 2. The van der Waals surface area contributed by atoms with Crippen molar-refractivity contribution in [1.82, 2.24) is 9.99 Å². The van der Waals surface area contributed by atoms with Crippen LogP contribution in [0.2, 0.25) is 0 Å². The third-order valence-electron chi connectivity index (χ3n) is 4.70. The summed E-state index contributed by atoms with van der Waals surface area (Å²) in [5.74, 6) is 0.0653. The molecule has 162 valence electrons. The number of nitrogens with one attached hydrogen (secondary N) is 1. The molecular formula is C23H22F3N3O2. The quantitative estimate of drug-likeness (QED) is 0.428. The molecule has 5 nitrogen and oxygen atoms in total. The average Bonchev–Trinajstić information content (AvgIpc) is 3.01. The highest BCUT2D eigenvalue weighted by Crippen LogP contribution is 2.29. The first-order valence-electron chi connectivity index (χ1n) is 9.63. The zero-order valence-electron chi connectivity index (χ0n) is 17.3. The molecule has 0 aliphatic rings. The maximum Gasteiger partial charge on any atom is 0.416 e. The van der Waals surface area contributed by atoms with Gasteiger partial charge in [-0.15, -0.1) is 0 Å². The number of carbonyl (C=O) groups is 1. The normalized spacial score (nSPS) is 11.7. The van der Waals surface area contributed by atoms with Crippen LogP contribution < -0.4 is 10.2 Å². The fraction of sp³-hybridized carbons (Fsp3) is 0.217. The van der Waals surface area contributed by atoms with Crippen molar-refractivity contribution in [3.63, 3.8) is 0 Å². The summed E-state index contributed by atoms with van der Waals surface area (Å²) >= 11 is 0. The largest absolute Gasteiger partial charge is 0.494 e. The lowest BCUT2D eigenvalue weighted by Crippen LogP contribution is -2.18. The van der Waals surface area contributed by atoms with E-state index in [2.05, 4.69) is 10.5 Å². The van der Waals surface area contributed by atoms with Crippen molar-refractivity contribution in [1.29, 1.82) is 0 Å². The number of aromatic nitrogens is 1. The van der Waals surface area contributed by atoms with Crippen LogP contribution in [0.5, 0.6) is 5.75 Å². The van der Waals surface area contributed by atoms with E-state index in [4.69, 9.17) is 4.74 Å². The minimum Gasteiger partial charge on any atom is -0.494 e. The maximum absolute atomic E-state index is 12.8. The van der Waals surface area contributed by atoms with E-state index >= 15 is 0 Å². The van der Waals surface area contributed by atoms with Crippen molar-refractivity contribution in [2.24, 2.45) is 5.10 Å². The van der Waals surface area contributed by atoms with Crippen molar-refractivity contribution < 1.29 is 22.7 Å². The number of alkyl halides is 3. The van der Waals surface area contributed by atoms with E-state index in [0.29, 0.717) is 6.61 Å². The van der Waals surface area contributed by atoms with Crippen LogP contribution in [0.15, 0.2) is 59.7 Å². The molecule has 0 unspecified atom stereocenters. The van der Waals surface area contributed by atoms with Gasteiger partial charge in [0, 0.05) is 28.2 Å². The summed E-state index contributed by atoms with van der Waals surface area (Å²) in [5.41, 5.74) is 4.87. The minimum absolute atomic E-state index is 0.119. The first-order valence-corrected chi connectivity index (χ1v) is 9.63. The third-order valence-corrected chi connectivity index (χ3v) is 4.70. The molecule has 1 N–H and O–H groups in total. The number of ether oxygens (including phenoxy) is 1. The standard InChI is InChI=1S/C23H22F3N3O2/c1-4-31-21-10-8-20(9-11-21)29-15(2)12-18(16(29)3)14-27-28-22(30)17-6-5-7-19(13-17)23(24,25)26/h5-14H,4H2,1-3H3,(H,28,30)/b27-14-. The second-order valence-electron chi connectivity index (χ2n) is 6.87. The molecule has 0 saturated heterocycles. The molecule has 0 spiro atoms. The van der Waals surface area contributed by atoms with E-state index in [1.165, 1.54) is 18.3 Å². The monoisotopic (exact) mass is 429 g/mol. The van der Waals surface area contributed by atoms with E-state index in [0.717, 1.165) is 40.5 Å². The number of halogens is 3. The summed E-state index contributed by atoms with van der Waals surface area (Å²) < 4.78 is 46.0. The van der Waals surface area contributed by atoms with Gasteiger partial charge in [0.1, 0.15) is 5.75 Å². The lowest BCUT2D eigenvalue weighted by molar-refractivity contribution is -0.137. The number of hydrazone groups is 1. The number of carbonyl (C=O) groups excluding carboxylic acids is 1. The highest BCUT2D eigenvalue weighted by atomic mass is 19.4. The van der Waals surface area contributed by atoms with E-state index in [1.54, 1.807) is 0 Å². The van der Waals surface area contributed by atoms with Gasteiger partial charge < -0.3 is 9.30 Å². The summed E-state index contributed by atoms with van der Waals surface area (Å²) in [6.07, 6.45) is -3.04. The van der Waals surface area contributed by atoms with E-state index in [1.807, 2.05) is 55.7 Å². The van der Waals surface area contributed by atoms with Crippen LogP contribution in [0.25, 0.3) is 5.69 Å². The molecule has 31 heavy (non-hydrogen) atoms. The molecule has 0 fully saturated rings. The highest BCUT2D eigenvalue weighted by Gasteiger charge is 2.30. The zero-order chi connectivity index (χ0) is 22.6. The van der Waals surface area contributed by atoms with Gasteiger partial charge in [-0.25, -0.2) is 5.43 Å². The Morgan fingerprint density at radius 2 is 1.84 bits per heavy atom. The highest BCUT2D eigenvalue weighted by molar-refractivity contribution is 5.95. The van der Waals surface area contributed by atoms with E-state index in [-0.39, 0.29) is 5.56 Å². The van der Waals surface area contributed by atoms with Gasteiger partial charge in [0.15, 0.2) is 0 Å². The van der Waals surface area contributed by atoms with E-state index in [9.17, 15) is 18.0 Å². The van der Waals surface area contributed by atoms with Crippen molar-refractivity contribution in [3.05, 3.63) is 82.7 Å². The molecular weight excluding hydrogens is 407 g/mol. The summed E-state index contributed by atoms with van der Waals surface area (Å²) in [5, 5.41) is 3.92. The summed E-state index contributed by atoms with van der Waals surface area (Å²) in [6.45, 7) is 6.38. The maximum atomic E-state index is 12.8. The van der Waals surface area contributed by atoms with Gasteiger partial charge in [-0.3, -0.25) is 4.79 Å². The molecule has 0 radical (unpaired) electrons. The van der Waals surface area contributed by atoms with Crippen LogP contribution in [-0.2, 0) is 6.18 Å². The van der Waals surface area contributed by atoms with Gasteiger partial charge in [-0.2, -0.15) is 18.3 Å². The van der Waals surface area contributed by atoms with Gasteiger partial charge in [0.2, 0.25) is 0 Å². The van der Waals surface area contributed by atoms with Crippen LogP contribution >= 0.6 is 0 Å². The predicted molar refractivity (Wildman–Crippen MR) is 113 cm³/mol. The predicted octanol–water partition coefficient (Wildman–Crippen LogP) is 5.28. The van der Waals surface area contributed by atoms with Gasteiger partial charge in [-0.05, 0) is 69.3 Å². The molecule has 0 atom stereocenters. The molecule has 3 rings (SSSR count). The Hall–Kier alpha value is -3.55. The molecule has 8 heteroatoms. The molecule has 2 aromatic carbocycles. The number of rotatable bonds is 6. The smallest absolute Gasteiger partial charge is 0.416 e. The van der Waals surface area contributed by atoms with Crippen LogP contribution in [0, 0.1) is 13.8 Å². The number of benzene rings is 2. The Morgan fingerprint density at radius 3 is 2.48 bits per heavy atom. The topological polar surface area (TPSA) is 55.6 Å². The first-order chi connectivity index (χ1) is 14.7. The summed E-state index contributed by atoms with van der Waals surface area (Å²) in [4.78, 5) is 12.2. The second kappa shape index (κ2) is 9.07. The molecule has 1 heterocycles. The Bertz CT molecular complexity index is 1100. The lowest BCUT2D eigenvalue weighted by Gasteiger charge is -2.11. The van der Waals surface area contributed by atoms with Gasteiger partial charge in [0.25, 0.3) is 5.91 Å². The Kier molecular flexibility index (Phi) is 6.48. The van der Waals surface area contributed by atoms with Gasteiger partial charge in [0.05, 0.1) is 18.4 Å². The van der Waals surface area contributed by atoms with Crippen LogP contribution in [0.1, 0.15) is 39.8 Å². The fourth-order valence-electron chi connectivity index (χ4n) is 3.24. The molecule has 0 bridgehead atoms. The van der Waals surface area contributed by atoms with Crippen molar-refractivity contribution in [2.75, 3.05) is 6.61 Å². The molecule has 1 amide bonds. The van der Waals surface area contributed by atoms with Crippen LogP contribution in [0.3, 0.4) is 0 Å². The molecule has 3 aromatic rings. The molecule has 1 aromatic heterocycles. The molecule has 0 aliphatic heterocycles. The number of amides is 1. The number of hydrogen-bond acceptors (Lipinski definition) is 3. The third kappa shape index (κ3) is 5.14. The average molecular weight is 429 g/mol. The lowest BCUT2D eigenvalue weighted by atomic mass is 10.1. The van der Waals surface area contributed by atoms with E-state index < -0.39 is 17.6 Å². The zero-order valence-corrected chi connectivity index (χ0v) is 17.3. The Labute approximate surface area is 178 Å². The SMILES string of the molecule is CCOc1ccc(-n2c(C)cc(/C=N\NC(=O)c3cccc(C(F)(F)F)c3)c2C)cc1. The Balaban J connectivity index is 1.75.